The number of aliphatic imine (C=N–C) groups is 1. The summed E-state index contributed by atoms with van der Waals surface area (Å²) in [6.45, 7) is 0.245. The molecule has 0 saturated heterocycles. The monoisotopic (exact) mass is 406 g/mol. The summed E-state index contributed by atoms with van der Waals surface area (Å²) in [5, 5.41) is 10.9. The third kappa shape index (κ3) is 3.38. The van der Waals surface area contributed by atoms with Crippen LogP contribution in [0.25, 0.3) is 0 Å². The maximum absolute atomic E-state index is 14.4. The summed E-state index contributed by atoms with van der Waals surface area (Å²) in [7, 11) is -3.52. The molecule has 0 aromatic carbocycles. The van der Waals surface area contributed by atoms with Gasteiger partial charge in [0, 0.05) is 6.54 Å². The first-order valence-electron chi connectivity index (χ1n) is 7.97. The van der Waals surface area contributed by atoms with Crippen LogP contribution in [0, 0.1) is 5.82 Å². The number of nitrogens with two attached hydrogens (primary N) is 1. The molecule has 1 aromatic rings. The highest BCUT2D eigenvalue weighted by Crippen LogP contribution is 2.40. The van der Waals surface area contributed by atoms with E-state index in [1.54, 1.807) is 0 Å². The number of fused-ring (bicyclic) bond motifs is 1. The molecule has 1 aromatic heterocycles. The summed E-state index contributed by atoms with van der Waals surface area (Å²) in [5.41, 5.74) is 2.01. The average Bonchev–Trinajstić information content (AvgIpc) is 2.77. The topological polar surface area (TPSA) is 133 Å². The lowest BCUT2D eigenvalue weighted by atomic mass is 9.97. The fourth-order valence-corrected chi connectivity index (χ4v) is 5.47. The number of carbonyl (C=O) groups is 1. The number of halogens is 3. The van der Waals surface area contributed by atoms with Gasteiger partial charge in [-0.2, -0.15) is 0 Å². The summed E-state index contributed by atoms with van der Waals surface area (Å²) >= 11 is 0. The first-order chi connectivity index (χ1) is 12.7. The predicted octanol–water partition coefficient (Wildman–Crippen LogP) is 1.38. The fourth-order valence-electron chi connectivity index (χ4n) is 3.00. The normalized spacial score (nSPS) is 28.0. The number of hydrogen-bond acceptors (Lipinski definition) is 6. The van der Waals surface area contributed by atoms with Crippen molar-refractivity contribution in [2.24, 2.45) is 9.36 Å². The molecule has 0 saturated carbocycles. The van der Waals surface area contributed by atoms with Crippen LogP contribution in [-0.4, -0.2) is 55.9 Å². The molecule has 2 aliphatic heterocycles. The van der Waals surface area contributed by atoms with Crippen LogP contribution in [0.4, 0.5) is 23.8 Å². The molecule has 0 spiro atoms. The van der Waals surface area contributed by atoms with Gasteiger partial charge in [-0.15, -0.1) is 0 Å². The number of nitrogens with one attached hydrogen (secondary N) is 1. The molecule has 9 nitrogen and oxygen atoms in total. The van der Waals surface area contributed by atoms with Gasteiger partial charge in [-0.05, 0) is 25.0 Å². The number of carboxylic acid groups (broad SMARTS) is 1. The Bertz CT molecular complexity index is 917. The SMILES string of the molecule is Nc1ccc(F)c([C@]2(C(F)F)CS3(=O)=NCCCCN3C(NC(=O)O)=N2)n1. The molecule has 0 aliphatic carbocycles. The quantitative estimate of drug-likeness (QED) is 0.682. The molecule has 2 atom stereocenters. The lowest BCUT2D eigenvalue weighted by molar-refractivity contribution is 0.0589. The van der Waals surface area contributed by atoms with E-state index in [0.717, 1.165) is 16.4 Å². The number of pyridine rings is 1. The molecule has 1 amide bonds. The van der Waals surface area contributed by atoms with Gasteiger partial charge in [0.05, 0.1) is 12.3 Å². The molecule has 0 fully saturated rings. The summed E-state index contributed by atoms with van der Waals surface area (Å²) in [6, 6.07) is 1.94. The second kappa shape index (κ2) is 6.87. The van der Waals surface area contributed by atoms with Crippen LogP contribution in [0.1, 0.15) is 18.5 Å². The molecule has 0 radical (unpaired) electrons. The number of alkyl halides is 2. The smallest absolute Gasteiger partial charge is 0.411 e. The van der Waals surface area contributed by atoms with Crippen molar-refractivity contribution in [3.8, 4) is 0 Å². The molecule has 3 heterocycles. The van der Waals surface area contributed by atoms with Crippen LogP contribution >= 0.6 is 0 Å². The Morgan fingerprint density at radius 3 is 2.81 bits per heavy atom. The molecule has 4 N–H and O–H groups in total. The minimum absolute atomic E-state index is 0.105. The van der Waals surface area contributed by atoms with E-state index in [-0.39, 0.29) is 18.9 Å². The van der Waals surface area contributed by atoms with Gasteiger partial charge >= 0.3 is 6.09 Å². The Kier molecular flexibility index (Phi) is 4.88. The zero-order chi connectivity index (χ0) is 19.8. The zero-order valence-electron chi connectivity index (χ0n) is 13.9. The first-order valence-corrected chi connectivity index (χ1v) is 9.61. The van der Waals surface area contributed by atoms with Gasteiger partial charge in [0.2, 0.25) is 5.96 Å². The number of rotatable bonds is 2. The number of nitrogens with zero attached hydrogens (tertiary/aromatic N) is 4. The van der Waals surface area contributed by atoms with Gasteiger partial charge in [0.25, 0.3) is 6.43 Å². The minimum Gasteiger partial charge on any atom is -0.465 e. The lowest BCUT2D eigenvalue weighted by Gasteiger charge is -2.39. The largest absolute Gasteiger partial charge is 0.465 e. The summed E-state index contributed by atoms with van der Waals surface area (Å²) in [6.07, 6.45) is -3.88. The van der Waals surface area contributed by atoms with Gasteiger partial charge in [-0.3, -0.25) is 9.62 Å². The number of anilines is 1. The van der Waals surface area contributed by atoms with Crippen LogP contribution < -0.4 is 11.1 Å². The van der Waals surface area contributed by atoms with E-state index in [2.05, 4.69) is 14.3 Å². The number of aromatic nitrogens is 1. The third-order valence-electron chi connectivity index (χ3n) is 4.21. The molecule has 3 rings (SSSR count). The molecule has 1 unspecified atom stereocenters. The van der Waals surface area contributed by atoms with Gasteiger partial charge in [-0.1, -0.05) is 0 Å². The lowest BCUT2D eigenvalue weighted by Crippen LogP contribution is -2.57. The minimum atomic E-state index is -3.52. The second-order valence-electron chi connectivity index (χ2n) is 6.07. The van der Waals surface area contributed by atoms with Gasteiger partial charge < -0.3 is 10.8 Å². The summed E-state index contributed by atoms with van der Waals surface area (Å²) in [4.78, 5) is 18.6. The van der Waals surface area contributed by atoms with E-state index >= 15 is 0 Å². The molecule has 27 heavy (non-hydrogen) atoms. The Morgan fingerprint density at radius 1 is 1.41 bits per heavy atom. The Balaban J connectivity index is 2.30. The van der Waals surface area contributed by atoms with E-state index in [1.807, 2.05) is 5.32 Å². The standard InChI is InChI=1S/C14H17F3N6O3S/c15-8-3-4-9(18)20-10(8)14(11(16)17)7-27(26)19-5-1-2-6-23(27)12(22-14)21-13(24)25/h3-4,11H,1-2,5-7H2,(H2,18,20)(H,21,22)(H,24,25)/t14-,27?/m0/s1. The van der Waals surface area contributed by atoms with Crippen molar-refractivity contribution in [1.82, 2.24) is 14.6 Å². The first kappa shape index (κ1) is 19.2. The van der Waals surface area contributed by atoms with E-state index < -0.39 is 51.2 Å². The average molecular weight is 406 g/mol. The highest BCUT2D eigenvalue weighted by atomic mass is 32.2. The summed E-state index contributed by atoms with van der Waals surface area (Å²) in [5.74, 6) is -2.76. The van der Waals surface area contributed by atoms with Crippen LogP contribution in [0.5, 0.6) is 0 Å². The van der Waals surface area contributed by atoms with Crippen LogP contribution in [0.2, 0.25) is 0 Å². The van der Waals surface area contributed by atoms with Crippen molar-refractivity contribution < 1.29 is 27.3 Å². The molecule has 2 aliphatic rings. The maximum atomic E-state index is 14.4. The van der Waals surface area contributed by atoms with Crippen molar-refractivity contribution in [2.75, 3.05) is 24.6 Å². The highest BCUT2D eigenvalue weighted by molar-refractivity contribution is 7.92. The van der Waals surface area contributed by atoms with E-state index in [0.29, 0.717) is 12.8 Å². The molecule has 13 heteroatoms. The summed E-state index contributed by atoms with van der Waals surface area (Å²) < 4.78 is 61.3. The maximum Gasteiger partial charge on any atom is 0.411 e. The second-order valence-corrected chi connectivity index (χ2v) is 8.27. The van der Waals surface area contributed by atoms with Crippen molar-refractivity contribution in [2.45, 2.75) is 24.8 Å². The Labute approximate surface area is 152 Å². The van der Waals surface area contributed by atoms with Crippen LogP contribution in [0.3, 0.4) is 0 Å². The van der Waals surface area contributed by atoms with Crippen LogP contribution in [-0.2, 0) is 15.5 Å². The van der Waals surface area contributed by atoms with Gasteiger partial charge in [0.1, 0.15) is 27.2 Å². The number of guanidine groups is 1. The highest BCUT2D eigenvalue weighted by Gasteiger charge is 2.53. The van der Waals surface area contributed by atoms with E-state index in [4.69, 9.17) is 10.8 Å². The Hall–Kier alpha value is -2.57. The predicted molar refractivity (Wildman–Crippen MR) is 91.1 cm³/mol. The van der Waals surface area contributed by atoms with Gasteiger partial charge in [0.15, 0.2) is 5.54 Å². The number of hydrogen-bond donors (Lipinski definition) is 3. The van der Waals surface area contributed by atoms with Gasteiger partial charge in [-0.25, -0.2) is 36.5 Å². The van der Waals surface area contributed by atoms with Crippen molar-refractivity contribution in [3.05, 3.63) is 23.6 Å². The number of amides is 1. The van der Waals surface area contributed by atoms with Crippen molar-refractivity contribution in [3.63, 3.8) is 0 Å². The van der Waals surface area contributed by atoms with E-state index in [9.17, 15) is 22.2 Å². The van der Waals surface area contributed by atoms with Crippen molar-refractivity contribution >= 4 is 27.8 Å². The molecular weight excluding hydrogens is 389 g/mol. The Morgan fingerprint density at radius 2 is 2.15 bits per heavy atom. The third-order valence-corrected chi connectivity index (χ3v) is 6.66. The number of nitrogen functional groups attached to an aromatic ring is 1. The van der Waals surface area contributed by atoms with E-state index in [1.165, 1.54) is 0 Å². The van der Waals surface area contributed by atoms with Crippen LogP contribution in [0.15, 0.2) is 21.5 Å². The molecule has 0 bridgehead atoms. The fraction of sp³-hybridized carbons (Fsp3) is 0.500. The molecular formula is C14H17F3N6O3S. The zero-order valence-corrected chi connectivity index (χ0v) is 14.8. The van der Waals surface area contributed by atoms with Crippen molar-refractivity contribution in [1.29, 1.82) is 0 Å². The molecule has 148 valence electrons.